The van der Waals surface area contributed by atoms with E-state index in [1.54, 1.807) is 20.2 Å². The van der Waals surface area contributed by atoms with Gasteiger partial charge in [-0.3, -0.25) is 9.89 Å². The van der Waals surface area contributed by atoms with Crippen LogP contribution < -0.4 is 15.4 Å². The molecule has 6 nitrogen and oxygen atoms in total. The molecule has 0 amide bonds. The van der Waals surface area contributed by atoms with E-state index in [0.717, 1.165) is 19.6 Å². The molecule has 1 aliphatic carbocycles. The summed E-state index contributed by atoms with van der Waals surface area (Å²) >= 11 is 5.97. The van der Waals surface area contributed by atoms with Gasteiger partial charge >= 0.3 is 6.61 Å². The molecule has 1 fully saturated rings. The lowest BCUT2D eigenvalue weighted by atomic mass is 10.2. The largest absolute Gasteiger partial charge is 0.434 e. The van der Waals surface area contributed by atoms with Gasteiger partial charge in [-0.05, 0) is 31.0 Å². The fourth-order valence-electron chi connectivity index (χ4n) is 2.74. The lowest BCUT2D eigenvalue weighted by Gasteiger charge is -2.22. The van der Waals surface area contributed by atoms with E-state index in [-0.39, 0.29) is 12.3 Å². The van der Waals surface area contributed by atoms with Crippen molar-refractivity contribution in [2.75, 3.05) is 40.4 Å². The Morgan fingerprint density at radius 3 is 2.74 bits per heavy atom. The average molecular weight is 405 g/mol. The standard InChI is InChI=1S/C18H27ClF2N4O2/c1-22-18(23-7-8-25(9-10-26-2)15-4-5-15)24-12-13-11-14(19)3-6-16(13)27-17(20)21/h3,6,11,15,17H,4-5,7-10,12H2,1-2H3,(H2,22,23,24). The van der Waals surface area contributed by atoms with E-state index in [9.17, 15) is 8.78 Å². The smallest absolute Gasteiger partial charge is 0.387 e. The van der Waals surface area contributed by atoms with E-state index in [2.05, 4.69) is 25.3 Å². The molecule has 2 rings (SSSR count). The molecular formula is C18H27ClF2N4O2. The molecule has 0 unspecified atom stereocenters. The highest BCUT2D eigenvalue weighted by Gasteiger charge is 2.28. The molecule has 0 bridgehead atoms. The first-order valence-electron chi connectivity index (χ1n) is 8.94. The first-order chi connectivity index (χ1) is 13.0. The van der Waals surface area contributed by atoms with Crippen molar-refractivity contribution < 1.29 is 18.3 Å². The minimum Gasteiger partial charge on any atom is -0.434 e. The van der Waals surface area contributed by atoms with Crippen molar-refractivity contribution in [1.29, 1.82) is 0 Å². The Morgan fingerprint density at radius 1 is 1.33 bits per heavy atom. The van der Waals surface area contributed by atoms with Gasteiger partial charge in [0.2, 0.25) is 0 Å². The van der Waals surface area contributed by atoms with Gasteiger partial charge in [-0.25, -0.2) is 0 Å². The lowest BCUT2D eigenvalue weighted by molar-refractivity contribution is -0.0504. The molecule has 0 heterocycles. The van der Waals surface area contributed by atoms with Gasteiger partial charge in [0.25, 0.3) is 0 Å². The summed E-state index contributed by atoms with van der Waals surface area (Å²) in [6, 6.07) is 5.20. The number of benzene rings is 1. The molecule has 0 spiro atoms. The van der Waals surface area contributed by atoms with Gasteiger partial charge in [-0.2, -0.15) is 8.78 Å². The average Bonchev–Trinajstić information content (AvgIpc) is 3.47. The van der Waals surface area contributed by atoms with E-state index in [1.807, 2.05) is 0 Å². The van der Waals surface area contributed by atoms with Gasteiger partial charge in [0.1, 0.15) is 5.75 Å². The SMILES string of the molecule is CN=C(NCCN(CCOC)C1CC1)NCc1cc(Cl)ccc1OC(F)F. The molecule has 1 aromatic carbocycles. The zero-order chi connectivity index (χ0) is 19.6. The third kappa shape index (κ3) is 7.86. The van der Waals surface area contributed by atoms with Gasteiger partial charge in [0.05, 0.1) is 6.61 Å². The summed E-state index contributed by atoms with van der Waals surface area (Å²) in [5, 5.41) is 6.79. The number of ether oxygens (including phenoxy) is 2. The highest BCUT2D eigenvalue weighted by molar-refractivity contribution is 6.30. The fraction of sp³-hybridized carbons (Fsp3) is 0.611. The van der Waals surface area contributed by atoms with Gasteiger partial charge < -0.3 is 20.1 Å². The van der Waals surface area contributed by atoms with Crippen LogP contribution in [0.15, 0.2) is 23.2 Å². The van der Waals surface area contributed by atoms with Crippen LogP contribution in [-0.2, 0) is 11.3 Å². The Balaban J connectivity index is 1.82. The second-order valence-electron chi connectivity index (χ2n) is 6.24. The van der Waals surface area contributed by atoms with Crippen molar-refractivity contribution in [1.82, 2.24) is 15.5 Å². The molecule has 0 aromatic heterocycles. The number of nitrogens with one attached hydrogen (secondary N) is 2. The molecule has 1 aromatic rings. The molecule has 2 N–H and O–H groups in total. The van der Waals surface area contributed by atoms with Crippen LogP contribution >= 0.6 is 11.6 Å². The van der Waals surface area contributed by atoms with Crippen LogP contribution in [0.5, 0.6) is 5.75 Å². The first kappa shape index (κ1) is 21.7. The predicted octanol–water partition coefficient (Wildman–Crippen LogP) is 2.72. The maximum atomic E-state index is 12.5. The third-order valence-corrected chi connectivity index (χ3v) is 4.48. The molecular weight excluding hydrogens is 378 g/mol. The number of aliphatic imine (C=N–C) groups is 1. The molecule has 152 valence electrons. The topological polar surface area (TPSA) is 58.1 Å². The quantitative estimate of drug-likeness (QED) is 0.438. The zero-order valence-corrected chi connectivity index (χ0v) is 16.4. The lowest BCUT2D eigenvalue weighted by Crippen LogP contribution is -2.42. The van der Waals surface area contributed by atoms with E-state index < -0.39 is 6.61 Å². The third-order valence-electron chi connectivity index (χ3n) is 4.25. The number of hydrogen-bond acceptors (Lipinski definition) is 4. The van der Waals surface area contributed by atoms with Crippen LogP contribution in [0.3, 0.4) is 0 Å². The predicted molar refractivity (Wildman–Crippen MR) is 103 cm³/mol. The van der Waals surface area contributed by atoms with Gasteiger partial charge in [-0.15, -0.1) is 0 Å². The molecule has 27 heavy (non-hydrogen) atoms. The number of nitrogens with zero attached hydrogens (tertiary/aromatic N) is 2. The Kier molecular flexibility index (Phi) is 9.03. The maximum absolute atomic E-state index is 12.5. The van der Waals surface area contributed by atoms with Crippen LogP contribution in [0.4, 0.5) is 8.78 Å². The second kappa shape index (κ2) is 11.3. The monoisotopic (exact) mass is 404 g/mol. The van der Waals surface area contributed by atoms with E-state index in [4.69, 9.17) is 16.3 Å². The van der Waals surface area contributed by atoms with Crippen molar-refractivity contribution in [2.45, 2.75) is 32.0 Å². The minimum absolute atomic E-state index is 0.0943. The van der Waals surface area contributed by atoms with Crippen LogP contribution in [0.25, 0.3) is 0 Å². The maximum Gasteiger partial charge on any atom is 0.387 e. The van der Waals surface area contributed by atoms with Crippen molar-refractivity contribution >= 4 is 17.6 Å². The van der Waals surface area contributed by atoms with Crippen LogP contribution in [0.2, 0.25) is 5.02 Å². The fourth-order valence-corrected chi connectivity index (χ4v) is 2.93. The molecule has 1 saturated carbocycles. The summed E-state index contributed by atoms with van der Waals surface area (Å²) in [5.41, 5.74) is 0.533. The number of hydrogen-bond donors (Lipinski definition) is 2. The van der Waals surface area contributed by atoms with Crippen LogP contribution in [0, 0.1) is 0 Å². The number of methoxy groups -OCH3 is 1. The Labute approximate surface area is 163 Å². The molecule has 1 aliphatic rings. The van der Waals surface area contributed by atoms with Crippen molar-refractivity contribution in [2.24, 2.45) is 4.99 Å². The molecule has 0 saturated heterocycles. The Bertz CT molecular complexity index is 615. The highest BCUT2D eigenvalue weighted by atomic mass is 35.5. The zero-order valence-electron chi connectivity index (χ0n) is 15.7. The normalized spacial score (nSPS) is 14.7. The van der Waals surface area contributed by atoms with Gasteiger partial charge in [-0.1, -0.05) is 11.6 Å². The number of alkyl halides is 2. The number of guanidine groups is 1. The molecule has 0 radical (unpaired) electrons. The Hall–Kier alpha value is -1.64. The summed E-state index contributed by atoms with van der Waals surface area (Å²) in [5.74, 6) is 0.678. The number of halogens is 3. The van der Waals surface area contributed by atoms with E-state index in [0.29, 0.717) is 29.2 Å². The van der Waals surface area contributed by atoms with E-state index in [1.165, 1.54) is 25.0 Å². The van der Waals surface area contributed by atoms with Gasteiger partial charge in [0.15, 0.2) is 5.96 Å². The summed E-state index contributed by atoms with van der Waals surface area (Å²) in [6.45, 7) is 0.597. The molecule has 0 aliphatic heterocycles. The summed E-state index contributed by atoms with van der Waals surface area (Å²) in [6.07, 6.45) is 2.47. The number of rotatable bonds is 11. The second-order valence-corrected chi connectivity index (χ2v) is 6.68. The summed E-state index contributed by atoms with van der Waals surface area (Å²) in [7, 11) is 3.37. The van der Waals surface area contributed by atoms with E-state index >= 15 is 0 Å². The van der Waals surface area contributed by atoms with Crippen LogP contribution in [-0.4, -0.2) is 63.9 Å². The van der Waals surface area contributed by atoms with Crippen molar-refractivity contribution in [3.05, 3.63) is 28.8 Å². The minimum atomic E-state index is -2.89. The summed E-state index contributed by atoms with van der Waals surface area (Å²) < 4.78 is 34.8. The molecule has 0 atom stereocenters. The first-order valence-corrected chi connectivity index (χ1v) is 9.32. The van der Waals surface area contributed by atoms with Crippen molar-refractivity contribution in [3.63, 3.8) is 0 Å². The van der Waals surface area contributed by atoms with Gasteiger partial charge in [0, 0.05) is 57.0 Å². The highest BCUT2D eigenvalue weighted by Crippen LogP contribution is 2.26. The molecule has 9 heteroatoms. The van der Waals surface area contributed by atoms with Crippen LogP contribution in [0.1, 0.15) is 18.4 Å². The summed E-state index contributed by atoms with van der Waals surface area (Å²) in [4.78, 5) is 6.56. The Morgan fingerprint density at radius 2 is 2.11 bits per heavy atom. The van der Waals surface area contributed by atoms with Crippen molar-refractivity contribution in [3.8, 4) is 5.75 Å².